The average molecular weight is 315 g/mol. The summed E-state index contributed by atoms with van der Waals surface area (Å²) >= 11 is 0. The van der Waals surface area contributed by atoms with Crippen LogP contribution in [0, 0.1) is 11.3 Å². The highest BCUT2D eigenvalue weighted by atomic mass is 16.7. The van der Waals surface area contributed by atoms with Gasteiger partial charge >= 0.3 is 0 Å². The molecule has 0 N–H and O–H groups in total. The summed E-state index contributed by atoms with van der Waals surface area (Å²) in [6, 6.07) is 7.69. The van der Waals surface area contributed by atoms with Crippen LogP contribution in [0.15, 0.2) is 18.2 Å². The molecule has 0 saturated carbocycles. The summed E-state index contributed by atoms with van der Waals surface area (Å²) < 4.78 is 10.7. The lowest BCUT2D eigenvalue weighted by Gasteiger charge is -2.37. The molecule has 0 radical (unpaired) electrons. The molecule has 0 bridgehead atoms. The van der Waals surface area contributed by atoms with Gasteiger partial charge in [0.15, 0.2) is 11.5 Å². The summed E-state index contributed by atoms with van der Waals surface area (Å²) in [7, 11) is 0. The highest BCUT2D eigenvalue weighted by molar-refractivity contribution is 5.76. The van der Waals surface area contributed by atoms with E-state index in [2.05, 4.69) is 11.0 Å². The average Bonchev–Trinajstić information content (AvgIpc) is 3.04. The molecule has 0 spiro atoms. The van der Waals surface area contributed by atoms with Gasteiger partial charge in [0, 0.05) is 32.6 Å². The Balaban J connectivity index is 1.66. The minimum Gasteiger partial charge on any atom is -0.454 e. The molecule has 1 saturated heterocycles. The van der Waals surface area contributed by atoms with E-state index < -0.39 is 0 Å². The molecule has 2 aliphatic heterocycles. The minimum atomic E-state index is -0.326. The number of hydrogen-bond donors (Lipinski definition) is 0. The first kappa shape index (κ1) is 15.6. The summed E-state index contributed by atoms with van der Waals surface area (Å²) in [5.74, 6) is 1.63. The van der Waals surface area contributed by atoms with Gasteiger partial charge < -0.3 is 14.4 Å². The molecule has 23 heavy (non-hydrogen) atoms. The van der Waals surface area contributed by atoms with Gasteiger partial charge in [-0.1, -0.05) is 13.0 Å². The number of ether oxygens (including phenoxy) is 2. The van der Waals surface area contributed by atoms with Gasteiger partial charge in [0.2, 0.25) is 12.7 Å². The zero-order chi connectivity index (χ0) is 16.2. The first-order chi connectivity index (χ1) is 11.2. The van der Waals surface area contributed by atoms with Crippen LogP contribution in [0.25, 0.3) is 0 Å². The molecule has 2 aliphatic rings. The summed E-state index contributed by atoms with van der Waals surface area (Å²) in [4.78, 5) is 16.0. The number of amides is 1. The zero-order valence-corrected chi connectivity index (χ0v) is 13.3. The van der Waals surface area contributed by atoms with E-state index in [0.29, 0.717) is 38.3 Å². The van der Waals surface area contributed by atoms with Gasteiger partial charge in [-0.2, -0.15) is 5.26 Å². The molecule has 1 aromatic rings. The van der Waals surface area contributed by atoms with Crippen LogP contribution in [0.2, 0.25) is 0 Å². The Morgan fingerprint density at radius 3 is 2.70 bits per heavy atom. The predicted octanol–water partition coefficient (Wildman–Crippen LogP) is 1.92. The fourth-order valence-corrected chi connectivity index (χ4v) is 3.05. The summed E-state index contributed by atoms with van der Waals surface area (Å²) in [5.41, 5.74) is 0.907. The Morgan fingerprint density at radius 2 is 2.00 bits per heavy atom. The van der Waals surface area contributed by atoms with Crippen molar-refractivity contribution in [3.63, 3.8) is 0 Å². The van der Waals surface area contributed by atoms with Crippen molar-refractivity contribution in [2.24, 2.45) is 0 Å². The molecule has 2 heterocycles. The Morgan fingerprint density at radius 1 is 1.26 bits per heavy atom. The third kappa shape index (κ3) is 3.25. The van der Waals surface area contributed by atoms with Gasteiger partial charge in [0.25, 0.3) is 0 Å². The van der Waals surface area contributed by atoms with Crippen molar-refractivity contribution in [2.45, 2.75) is 25.8 Å². The van der Waals surface area contributed by atoms with E-state index in [1.54, 1.807) is 0 Å². The molecule has 1 unspecified atom stereocenters. The molecule has 122 valence electrons. The lowest BCUT2D eigenvalue weighted by atomic mass is 10.0. The van der Waals surface area contributed by atoms with Crippen molar-refractivity contribution < 1.29 is 14.3 Å². The summed E-state index contributed by atoms with van der Waals surface area (Å²) in [5, 5.41) is 9.60. The van der Waals surface area contributed by atoms with E-state index in [9.17, 15) is 10.1 Å². The van der Waals surface area contributed by atoms with Crippen molar-refractivity contribution in [1.29, 1.82) is 5.26 Å². The van der Waals surface area contributed by atoms with Crippen molar-refractivity contribution >= 4 is 5.91 Å². The van der Waals surface area contributed by atoms with Crippen LogP contribution in [-0.2, 0) is 4.79 Å². The highest BCUT2D eigenvalue weighted by Gasteiger charge is 2.27. The molecule has 1 atom stereocenters. The number of piperazine rings is 1. The second kappa shape index (κ2) is 6.88. The van der Waals surface area contributed by atoms with Gasteiger partial charge in [-0.25, -0.2) is 0 Å². The summed E-state index contributed by atoms with van der Waals surface area (Å²) in [6.07, 6.45) is 1.47. The van der Waals surface area contributed by atoms with Crippen LogP contribution in [0.3, 0.4) is 0 Å². The Bertz CT molecular complexity index is 618. The molecule has 1 amide bonds. The van der Waals surface area contributed by atoms with Crippen LogP contribution in [0.1, 0.15) is 31.4 Å². The smallest absolute Gasteiger partial charge is 0.231 e. The van der Waals surface area contributed by atoms with Crippen molar-refractivity contribution in [3.05, 3.63) is 23.8 Å². The van der Waals surface area contributed by atoms with E-state index in [1.165, 1.54) is 0 Å². The topological polar surface area (TPSA) is 65.8 Å². The molecule has 6 nitrogen and oxygen atoms in total. The molecule has 1 aromatic carbocycles. The van der Waals surface area contributed by atoms with Crippen molar-refractivity contribution in [2.75, 3.05) is 33.0 Å². The Labute approximate surface area is 136 Å². The fourth-order valence-electron chi connectivity index (χ4n) is 3.05. The summed E-state index contributed by atoms with van der Waals surface area (Å²) in [6.45, 7) is 5.03. The molecular weight excluding hydrogens is 294 g/mol. The van der Waals surface area contributed by atoms with Crippen LogP contribution >= 0.6 is 0 Å². The molecule has 1 fully saturated rings. The maximum Gasteiger partial charge on any atom is 0.231 e. The number of hydrogen-bond acceptors (Lipinski definition) is 5. The fraction of sp³-hybridized carbons (Fsp3) is 0.529. The van der Waals surface area contributed by atoms with Crippen molar-refractivity contribution in [3.8, 4) is 17.6 Å². The third-order valence-electron chi connectivity index (χ3n) is 4.33. The number of benzene rings is 1. The number of fused-ring (bicyclic) bond motifs is 1. The normalized spacial score (nSPS) is 18.5. The van der Waals surface area contributed by atoms with E-state index >= 15 is 0 Å². The SMILES string of the molecule is CCCC(=O)N1CCN(C(C#N)c2ccc3c(c2)OCO3)CC1. The van der Waals surface area contributed by atoms with E-state index in [4.69, 9.17) is 9.47 Å². The monoisotopic (exact) mass is 315 g/mol. The zero-order valence-electron chi connectivity index (χ0n) is 13.3. The second-order valence-corrected chi connectivity index (χ2v) is 5.81. The number of nitriles is 1. The van der Waals surface area contributed by atoms with Crippen LogP contribution in [-0.4, -0.2) is 48.7 Å². The number of nitrogens with zero attached hydrogens (tertiary/aromatic N) is 3. The lowest BCUT2D eigenvalue weighted by molar-refractivity contribution is -0.133. The Kier molecular flexibility index (Phi) is 4.68. The largest absolute Gasteiger partial charge is 0.454 e. The van der Waals surface area contributed by atoms with Gasteiger partial charge in [-0.15, -0.1) is 0 Å². The quantitative estimate of drug-likeness (QED) is 0.849. The van der Waals surface area contributed by atoms with Gasteiger partial charge in [0.05, 0.1) is 6.07 Å². The standard InChI is InChI=1S/C17H21N3O3/c1-2-3-17(21)20-8-6-19(7-9-20)14(11-18)13-4-5-15-16(10-13)23-12-22-15/h4-5,10,14H,2-3,6-9,12H2,1H3. The number of carbonyl (C=O) groups excluding carboxylic acids is 1. The number of carbonyl (C=O) groups is 1. The maximum atomic E-state index is 12.0. The van der Waals surface area contributed by atoms with Gasteiger partial charge in [0.1, 0.15) is 6.04 Å². The first-order valence-electron chi connectivity index (χ1n) is 8.04. The van der Waals surface area contributed by atoms with E-state index in [-0.39, 0.29) is 18.7 Å². The molecule has 6 heteroatoms. The third-order valence-corrected chi connectivity index (χ3v) is 4.33. The lowest BCUT2D eigenvalue weighted by Crippen LogP contribution is -2.49. The predicted molar refractivity (Wildman–Crippen MR) is 84.0 cm³/mol. The van der Waals surface area contributed by atoms with Crippen LogP contribution < -0.4 is 9.47 Å². The molecule has 0 aromatic heterocycles. The van der Waals surface area contributed by atoms with E-state index in [1.807, 2.05) is 30.0 Å². The van der Waals surface area contributed by atoms with Crippen LogP contribution in [0.4, 0.5) is 0 Å². The maximum absolute atomic E-state index is 12.0. The molecule has 3 rings (SSSR count). The van der Waals surface area contributed by atoms with Gasteiger partial charge in [-0.05, 0) is 24.1 Å². The number of rotatable bonds is 4. The molecule has 0 aliphatic carbocycles. The Hall–Kier alpha value is -2.26. The minimum absolute atomic E-state index is 0.212. The first-order valence-corrected chi connectivity index (χ1v) is 8.04. The highest BCUT2D eigenvalue weighted by Crippen LogP contribution is 2.35. The van der Waals surface area contributed by atoms with E-state index in [0.717, 1.165) is 17.7 Å². The van der Waals surface area contributed by atoms with Gasteiger partial charge in [-0.3, -0.25) is 9.69 Å². The van der Waals surface area contributed by atoms with Crippen molar-refractivity contribution in [1.82, 2.24) is 9.80 Å². The van der Waals surface area contributed by atoms with Crippen LogP contribution in [0.5, 0.6) is 11.5 Å². The second-order valence-electron chi connectivity index (χ2n) is 5.81. The molecular formula is C17H21N3O3.